The van der Waals surface area contributed by atoms with Crippen LogP contribution in [0.15, 0.2) is 24.5 Å². The molecule has 0 aliphatic rings. The summed E-state index contributed by atoms with van der Waals surface area (Å²) >= 11 is 5.77. The SMILES string of the molecule is COc1cccn2ncc(CCl)c12. The molecule has 4 heteroatoms. The zero-order chi connectivity index (χ0) is 9.26. The third-order valence-corrected chi connectivity index (χ3v) is 2.23. The second kappa shape index (κ2) is 3.26. The van der Waals surface area contributed by atoms with E-state index in [1.807, 2.05) is 18.3 Å². The van der Waals surface area contributed by atoms with Crippen molar-refractivity contribution in [3.8, 4) is 5.75 Å². The molecule has 0 amide bonds. The minimum atomic E-state index is 0.448. The first kappa shape index (κ1) is 8.38. The van der Waals surface area contributed by atoms with Crippen LogP contribution in [0.3, 0.4) is 0 Å². The predicted octanol–water partition coefficient (Wildman–Crippen LogP) is 2.08. The Bertz CT molecular complexity index is 424. The van der Waals surface area contributed by atoms with Crippen LogP contribution >= 0.6 is 11.6 Å². The van der Waals surface area contributed by atoms with E-state index in [-0.39, 0.29) is 0 Å². The highest BCUT2D eigenvalue weighted by atomic mass is 35.5. The largest absolute Gasteiger partial charge is 0.494 e. The highest BCUT2D eigenvalue weighted by Gasteiger charge is 2.07. The van der Waals surface area contributed by atoms with Crippen molar-refractivity contribution in [2.45, 2.75) is 5.88 Å². The van der Waals surface area contributed by atoms with Crippen LogP contribution in [-0.2, 0) is 5.88 Å². The quantitative estimate of drug-likeness (QED) is 0.688. The molecule has 0 atom stereocenters. The van der Waals surface area contributed by atoms with Gasteiger partial charge in [0.15, 0.2) is 0 Å². The monoisotopic (exact) mass is 196 g/mol. The first-order valence-electron chi connectivity index (χ1n) is 3.92. The first-order chi connectivity index (χ1) is 6.36. The van der Waals surface area contributed by atoms with E-state index < -0.39 is 0 Å². The Hall–Kier alpha value is -1.22. The molecule has 0 unspecified atom stereocenters. The summed E-state index contributed by atoms with van der Waals surface area (Å²) in [5.74, 6) is 1.25. The normalized spacial score (nSPS) is 10.6. The number of hydrogen-bond donors (Lipinski definition) is 0. The van der Waals surface area contributed by atoms with Gasteiger partial charge in [0.2, 0.25) is 0 Å². The van der Waals surface area contributed by atoms with E-state index in [4.69, 9.17) is 16.3 Å². The summed E-state index contributed by atoms with van der Waals surface area (Å²) in [5, 5.41) is 4.15. The van der Waals surface area contributed by atoms with E-state index in [1.165, 1.54) is 0 Å². The van der Waals surface area contributed by atoms with Gasteiger partial charge < -0.3 is 4.74 Å². The highest BCUT2D eigenvalue weighted by molar-refractivity contribution is 6.17. The Balaban J connectivity index is 2.76. The summed E-state index contributed by atoms with van der Waals surface area (Å²) < 4.78 is 6.97. The molecule has 0 fully saturated rings. The van der Waals surface area contributed by atoms with E-state index in [9.17, 15) is 0 Å². The number of pyridine rings is 1. The molecule has 0 aliphatic carbocycles. The minimum Gasteiger partial charge on any atom is -0.494 e. The number of methoxy groups -OCH3 is 1. The molecular formula is C9H9ClN2O. The number of alkyl halides is 1. The summed E-state index contributed by atoms with van der Waals surface area (Å²) in [6.45, 7) is 0. The van der Waals surface area contributed by atoms with Crippen molar-refractivity contribution in [3.05, 3.63) is 30.1 Å². The first-order valence-corrected chi connectivity index (χ1v) is 4.45. The van der Waals surface area contributed by atoms with Crippen molar-refractivity contribution >= 4 is 17.1 Å². The van der Waals surface area contributed by atoms with Crippen LogP contribution < -0.4 is 4.74 Å². The second-order valence-corrected chi connectivity index (χ2v) is 2.94. The van der Waals surface area contributed by atoms with Gasteiger partial charge in [-0.25, -0.2) is 4.52 Å². The van der Waals surface area contributed by atoms with Crippen LogP contribution in [0.1, 0.15) is 5.56 Å². The minimum absolute atomic E-state index is 0.448. The van der Waals surface area contributed by atoms with Crippen LogP contribution in [0.25, 0.3) is 5.52 Å². The lowest BCUT2D eigenvalue weighted by atomic mass is 10.3. The number of aromatic nitrogens is 2. The standard InChI is InChI=1S/C9H9ClN2O/c1-13-8-3-2-4-12-9(8)7(5-10)6-11-12/h2-4,6H,5H2,1H3. The molecule has 0 saturated heterocycles. The number of rotatable bonds is 2. The molecule has 3 nitrogen and oxygen atoms in total. The maximum atomic E-state index is 5.77. The molecule has 2 rings (SSSR count). The summed E-state index contributed by atoms with van der Waals surface area (Å²) in [7, 11) is 1.64. The summed E-state index contributed by atoms with van der Waals surface area (Å²) in [5.41, 5.74) is 1.93. The predicted molar refractivity (Wildman–Crippen MR) is 51.3 cm³/mol. The fourth-order valence-electron chi connectivity index (χ4n) is 1.34. The lowest BCUT2D eigenvalue weighted by molar-refractivity contribution is 0.417. The molecule has 13 heavy (non-hydrogen) atoms. The van der Waals surface area contributed by atoms with E-state index in [2.05, 4.69) is 5.10 Å². The molecule has 2 aromatic rings. The number of fused-ring (bicyclic) bond motifs is 1. The van der Waals surface area contributed by atoms with E-state index in [0.717, 1.165) is 16.8 Å². The molecule has 0 aliphatic heterocycles. The van der Waals surface area contributed by atoms with Gasteiger partial charge in [0, 0.05) is 11.8 Å². The van der Waals surface area contributed by atoms with E-state index >= 15 is 0 Å². The zero-order valence-electron chi connectivity index (χ0n) is 7.20. The van der Waals surface area contributed by atoms with Crippen LogP contribution in [-0.4, -0.2) is 16.7 Å². The molecule has 0 bridgehead atoms. The number of hydrogen-bond acceptors (Lipinski definition) is 2. The molecule has 2 heterocycles. The third kappa shape index (κ3) is 1.25. The van der Waals surface area contributed by atoms with Crippen LogP contribution in [0.4, 0.5) is 0 Å². The molecule has 0 spiro atoms. The Labute approximate surface area is 80.9 Å². The molecule has 0 radical (unpaired) electrons. The van der Waals surface area contributed by atoms with Gasteiger partial charge in [-0.3, -0.25) is 0 Å². The third-order valence-electron chi connectivity index (χ3n) is 1.94. The van der Waals surface area contributed by atoms with Crippen LogP contribution in [0, 0.1) is 0 Å². The smallest absolute Gasteiger partial charge is 0.144 e. The molecule has 2 aromatic heterocycles. The lowest BCUT2D eigenvalue weighted by Crippen LogP contribution is -1.91. The fourth-order valence-corrected chi connectivity index (χ4v) is 1.53. The Morgan fingerprint density at radius 3 is 3.15 bits per heavy atom. The van der Waals surface area contributed by atoms with Crippen molar-refractivity contribution in [1.82, 2.24) is 9.61 Å². The van der Waals surface area contributed by atoms with Gasteiger partial charge >= 0.3 is 0 Å². The Morgan fingerprint density at radius 1 is 1.62 bits per heavy atom. The Morgan fingerprint density at radius 2 is 2.46 bits per heavy atom. The number of ether oxygens (including phenoxy) is 1. The number of halogens is 1. The maximum absolute atomic E-state index is 5.77. The van der Waals surface area contributed by atoms with Gasteiger partial charge in [0.1, 0.15) is 11.3 Å². The lowest BCUT2D eigenvalue weighted by Gasteiger charge is -2.02. The average molecular weight is 197 g/mol. The van der Waals surface area contributed by atoms with Gasteiger partial charge in [0.25, 0.3) is 0 Å². The van der Waals surface area contributed by atoms with Crippen molar-refractivity contribution in [3.63, 3.8) is 0 Å². The molecule has 0 aromatic carbocycles. The van der Waals surface area contributed by atoms with Gasteiger partial charge in [0.05, 0.1) is 19.2 Å². The summed E-state index contributed by atoms with van der Waals surface area (Å²) in [6.07, 6.45) is 3.62. The zero-order valence-corrected chi connectivity index (χ0v) is 7.95. The van der Waals surface area contributed by atoms with Gasteiger partial charge in [-0.2, -0.15) is 5.10 Å². The van der Waals surface area contributed by atoms with Gasteiger partial charge in [-0.05, 0) is 12.1 Å². The number of nitrogens with zero attached hydrogens (tertiary/aromatic N) is 2. The maximum Gasteiger partial charge on any atom is 0.144 e. The average Bonchev–Trinajstić information content (AvgIpc) is 2.60. The van der Waals surface area contributed by atoms with Crippen LogP contribution in [0.2, 0.25) is 0 Å². The topological polar surface area (TPSA) is 26.5 Å². The van der Waals surface area contributed by atoms with Crippen molar-refractivity contribution in [1.29, 1.82) is 0 Å². The van der Waals surface area contributed by atoms with E-state index in [1.54, 1.807) is 17.8 Å². The van der Waals surface area contributed by atoms with Crippen molar-refractivity contribution < 1.29 is 4.74 Å². The Kier molecular flexibility index (Phi) is 2.10. The van der Waals surface area contributed by atoms with Gasteiger partial charge in [-0.1, -0.05) is 0 Å². The molecule has 68 valence electrons. The highest BCUT2D eigenvalue weighted by Crippen LogP contribution is 2.23. The summed E-state index contributed by atoms with van der Waals surface area (Å²) in [6, 6.07) is 3.78. The second-order valence-electron chi connectivity index (χ2n) is 2.67. The van der Waals surface area contributed by atoms with Crippen molar-refractivity contribution in [2.24, 2.45) is 0 Å². The molecule has 0 saturated carbocycles. The fraction of sp³-hybridized carbons (Fsp3) is 0.222. The summed E-state index contributed by atoms with van der Waals surface area (Å²) in [4.78, 5) is 0. The molecular weight excluding hydrogens is 188 g/mol. The van der Waals surface area contributed by atoms with Crippen molar-refractivity contribution in [2.75, 3.05) is 7.11 Å². The van der Waals surface area contributed by atoms with Crippen LogP contribution in [0.5, 0.6) is 5.75 Å². The van der Waals surface area contributed by atoms with E-state index in [0.29, 0.717) is 5.88 Å². The van der Waals surface area contributed by atoms with Gasteiger partial charge in [-0.15, -0.1) is 11.6 Å². The molecule has 0 N–H and O–H groups in total.